The molecule has 0 aliphatic carbocycles. The molecule has 0 unspecified atom stereocenters. The summed E-state index contributed by atoms with van der Waals surface area (Å²) in [5, 5.41) is 16.9. The predicted molar refractivity (Wildman–Crippen MR) is 64.8 cm³/mol. The van der Waals surface area contributed by atoms with Crippen molar-refractivity contribution >= 4 is 11.9 Å². The zero-order valence-electron chi connectivity index (χ0n) is 10.2. The fourth-order valence-electron chi connectivity index (χ4n) is 1.69. The van der Waals surface area contributed by atoms with Gasteiger partial charge < -0.3 is 15.9 Å². The summed E-state index contributed by atoms with van der Waals surface area (Å²) in [5.74, 6) is -1.50. The van der Waals surface area contributed by atoms with Crippen LogP contribution in [0.1, 0.15) is 57.8 Å². The molecule has 0 aliphatic heterocycles. The van der Waals surface area contributed by atoms with Crippen LogP contribution >= 0.6 is 0 Å². The van der Waals surface area contributed by atoms with Crippen molar-refractivity contribution < 1.29 is 19.8 Å². The largest absolute Gasteiger partial charge is 0.481 e. The highest BCUT2D eigenvalue weighted by Gasteiger charge is 2.04. The predicted octanol–water partition coefficient (Wildman–Crippen LogP) is 1.99. The number of hydrogen-bond acceptors (Lipinski definition) is 3. The summed E-state index contributed by atoms with van der Waals surface area (Å²) in [6.45, 7) is 0. The summed E-state index contributed by atoms with van der Waals surface area (Å²) in [6.07, 6.45) is 6.28. The van der Waals surface area contributed by atoms with E-state index in [1.165, 1.54) is 0 Å². The molecular weight excluding hydrogens is 222 g/mol. The number of hydrogen-bond donors (Lipinski definition) is 3. The Morgan fingerprint density at radius 3 is 1.71 bits per heavy atom. The zero-order valence-corrected chi connectivity index (χ0v) is 10.2. The monoisotopic (exact) mass is 245 g/mol. The average Bonchev–Trinajstić information content (AvgIpc) is 2.23. The van der Waals surface area contributed by atoms with Crippen molar-refractivity contribution in [3.05, 3.63) is 0 Å². The van der Waals surface area contributed by atoms with Gasteiger partial charge in [0.05, 0.1) is 0 Å². The van der Waals surface area contributed by atoms with E-state index in [0.29, 0.717) is 12.8 Å². The van der Waals surface area contributed by atoms with E-state index in [1.54, 1.807) is 0 Å². The fraction of sp³-hybridized carbons (Fsp3) is 0.833. The van der Waals surface area contributed by atoms with Crippen molar-refractivity contribution in [1.29, 1.82) is 0 Å². The maximum atomic E-state index is 10.3. The van der Waals surface area contributed by atoms with Crippen LogP contribution in [0.15, 0.2) is 0 Å². The molecule has 0 amide bonds. The molecule has 4 N–H and O–H groups in total. The Hall–Kier alpha value is -1.10. The number of unbranched alkanes of at least 4 members (excludes halogenated alkanes) is 3. The minimum absolute atomic E-state index is 0.119. The van der Waals surface area contributed by atoms with Crippen molar-refractivity contribution in [2.45, 2.75) is 63.8 Å². The van der Waals surface area contributed by atoms with Gasteiger partial charge in [-0.05, 0) is 25.7 Å². The Balaban J connectivity index is 3.25. The molecule has 0 bridgehead atoms. The van der Waals surface area contributed by atoms with Gasteiger partial charge in [-0.2, -0.15) is 0 Å². The second-order valence-electron chi connectivity index (χ2n) is 4.39. The van der Waals surface area contributed by atoms with Gasteiger partial charge in [0.1, 0.15) is 0 Å². The van der Waals surface area contributed by atoms with E-state index in [2.05, 4.69) is 0 Å². The molecule has 0 saturated carbocycles. The summed E-state index contributed by atoms with van der Waals surface area (Å²) < 4.78 is 0. The number of rotatable bonds is 11. The van der Waals surface area contributed by atoms with Gasteiger partial charge in [-0.15, -0.1) is 0 Å². The number of aliphatic carboxylic acids is 2. The second-order valence-corrected chi connectivity index (χ2v) is 4.39. The van der Waals surface area contributed by atoms with E-state index < -0.39 is 11.9 Å². The van der Waals surface area contributed by atoms with E-state index in [4.69, 9.17) is 15.9 Å². The van der Waals surface area contributed by atoms with Crippen molar-refractivity contribution in [3.8, 4) is 0 Å². The van der Waals surface area contributed by atoms with E-state index >= 15 is 0 Å². The third-order valence-corrected chi connectivity index (χ3v) is 2.68. The van der Waals surface area contributed by atoms with E-state index in [-0.39, 0.29) is 18.9 Å². The van der Waals surface area contributed by atoms with Gasteiger partial charge in [-0.25, -0.2) is 0 Å². The Bertz CT molecular complexity index is 231. The van der Waals surface area contributed by atoms with E-state index in [1.807, 2.05) is 0 Å². The average molecular weight is 245 g/mol. The lowest BCUT2D eigenvalue weighted by molar-refractivity contribution is -0.138. The van der Waals surface area contributed by atoms with Gasteiger partial charge in [0, 0.05) is 18.9 Å². The first kappa shape index (κ1) is 15.9. The molecule has 0 saturated heterocycles. The Morgan fingerprint density at radius 1 is 0.824 bits per heavy atom. The highest BCUT2D eigenvalue weighted by atomic mass is 16.4. The van der Waals surface area contributed by atoms with Crippen LogP contribution in [0.2, 0.25) is 0 Å². The smallest absolute Gasteiger partial charge is 0.303 e. The minimum atomic E-state index is -0.757. The number of nitrogens with two attached hydrogens (primary N) is 1. The van der Waals surface area contributed by atoms with Gasteiger partial charge in [-0.3, -0.25) is 9.59 Å². The maximum absolute atomic E-state index is 10.3. The van der Waals surface area contributed by atoms with Crippen LogP contribution in [-0.2, 0) is 9.59 Å². The van der Waals surface area contributed by atoms with Crippen LogP contribution < -0.4 is 5.73 Å². The zero-order chi connectivity index (χ0) is 13.1. The first-order valence-corrected chi connectivity index (χ1v) is 6.21. The first-order valence-electron chi connectivity index (χ1n) is 6.21. The third kappa shape index (κ3) is 12.8. The summed E-state index contributed by atoms with van der Waals surface area (Å²) in [5.41, 5.74) is 5.87. The van der Waals surface area contributed by atoms with Crippen LogP contribution in [0.25, 0.3) is 0 Å². The summed E-state index contributed by atoms with van der Waals surface area (Å²) in [7, 11) is 0. The highest BCUT2D eigenvalue weighted by Crippen LogP contribution is 2.10. The third-order valence-electron chi connectivity index (χ3n) is 2.68. The summed E-state index contributed by atoms with van der Waals surface area (Å²) in [6, 6.07) is 0.119. The van der Waals surface area contributed by atoms with Gasteiger partial charge in [0.15, 0.2) is 0 Å². The molecule has 0 radical (unpaired) electrons. The van der Waals surface area contributed by atoms with Gasteiger partial charge in [0.25, 0.3) is 0 Å². The molecule has 100 valence electrons. The van der Waals surface area contributed by atoms with Crippen LogP contribution in [0.5, 0.6) is 0 Å². The molecule has 1 atom stereocenters. The van der Waals surface area contributed by atoms with E-state index in [0.717, 1.165) is 32.1 Å². The van der Waals surface area contributed by atoms with Crippen LogP contribution in [0.3, 0.4) is 0 Å². The van der Waals surface area contributed by atoms with Crippen molar-refractivity contribution in [3.63, 3.8) is 0 Å². The Morgan fingerprint density at radius 2 is 1.24 bits per heavy atom. The summed E-state index contributed by atoms with van der Waals surface area (Å²) in [4.78, 5) is 20.5. The van der Waals surface area contributed by atoms with Crippen LogP contribution in [0.4, 0.5) is 0 Å². The maximum Gasteiger partial charge on any atom is 0.303 e. The standard InChI is InChI=1S/C12H23NO4/c13-10(7-4-5-9-12(16)17)6-2-1-3-8-11(14)15/h10H,1-9,13H2,(H,14,15)(H,16,17)/t10-/m0/s1. The van der Waals surface area contributed by atoms with Gasteiger partial charge >= 0.3 is 11.9 Å². The van der Waals surface area contributed by atoms with Crippen molar-refractivity contribution in [2.24, 2.45) is 5.73 Å². The lowest BCUT2D eigenvalue weighted by Crippen LogP contribution is -2.19. The number of carboxylic acids is 2. The minimum Gasteiger partial charge on any atom is -0.481 e. The van der Waals surface area contributed by atoms with E-state index in [9.17, 15) is 9.59 Å². The molecule has 5 nitrogen and oxygen atoms in total. The number of carbonyl (C=O) groups is 2. The van der Waals surface area contributed by atoms with Gasteiger partial charge in [-0.1, -0.05) is 19.3 Å². The number of carboxylic acid groups (broad SMARTS) is 2. The van der Waals surface area contributed by atoms with Crippen molar-refractivity contribution in [2.75, 3.05) is 0 Å². The lowest BCUT2D eigenvalue weighted by atomic mass is 10.0. The normalized spacial score (nSPS) is 12.3. The molecule has 0 aromatic carbocycles. The second kappa shape index (κ2) is 10.1. The molecule has 0 heterocycles. The van der Waals surface area contributed by atoms with Gasteiger partial charge in [0.2, 0.25) is 0 Å². The quantitative estimate of drug-likeness (QED) is 0.483. The molecule has 0 fully saturated rings. The molecule has 0 aliphatic rings. The molecule has 0 aromatic rings. The molecule has 0 rings (SSSR count). The highest BCUT2D eigenvalue weighted by molar-refractivity contribution is 5.66. The molecule has 5 heteroatoms. The molecule has 17 heavy (non-hydrogen) atoms. The fourth-order valence-corrected chi connectivity index (χ4v) is 1.69. The Kier molecular flexibility index (Phi) is 9.43. The van der Waals surface area contributed by atoms with Crippen LogP contribution in [-0.4, -0.2) is 28.2 Å². The summed E-state index contributed by atoms with van der Waals surface area (Å²) >= 11 is 0. The topological polar surface area (TPSA) is 101 Å². The van der Waals surface area contributed by atoms with Crippen molar-refractivity contribution in [1.82, 2.24) is 0 Å². The molecular formula is C12H23NO4. The lowest BCUT2D eigenvalue weighted by Gasteiger charge is -2.10. The van der Waals surface area contributed by atoms with Crippen LogP contribution in [0, 0.1) is 0 Å². The SMILES string of the molecule is N[C@@H](CCCCCC(=O)O)CCCCC(=O)O. The molecule has 0 spiro atoms. The first-order chi connectivity index (χ1) is 8.02. The Labute approximate surface area is 102 Å². The molecule has 0 aromatic heterocycles.